The molecular formula is C13H23NO2. The first-order valence-corrected chi connectivity index (χ1v) is 6.71. The standard InChI is InChI=1S/C13H23NO2/c1-2-3-10-4-7-12(13(15)16)14(9-8-10)11-5-6-11/h10-12H,2-9H2,1H3,(H,15,16). The fraction of sp³-hybridized carbons (Fsp3) is 0.923. The summed E-state index contributed by atoms with van der Waals surface area (Å²) in [6, 6.07) is 0.385. The molecule has 16 heavy (non-hydrogen) atoms. The van der Waals surface area contributed by atoms with Gasteiger partial charge < -0.3 is 5.11 Å². The topological polar surface area (TPSA) is 40.5 Å². The van der Waals surface area contributed by atoms with Gasteiger partial charge in [-0.3, -0.25) is 9.69 Å². The van der Waals surface area contributed by atoms with Gasteiger partial charge in [-0.1, -0.05) is 19.8 Å². The van der Waals surface area contributed by atoms with E-state index in [-0.39, 0.29) is 6.04 Å². The van der Waals surface area contributed by atoms with Crippen LogP contribution in [0.1, 0.15) is 51.9 Å². The molecule has 0 radical (unpaired) electrons. The molecule has 3 heteroatoms. The van der Waals surface area contributed by atoms with Gasteiger partial charge in [0.25, 0.3) is 0 Å². The molecular weight excluding hydrogens is 202 g/mol. The molecule has 0 bridgehead atoms. The third kappa shape index (κ3) is 2.76. The van der Waals surface area contributed by atoms with Gasteiger partial charge in [0.05, 0.1) is 0 Å². The zero-order valence-electron chi connectivity index (χ0n) is 10.2. The Morgan fingerprint density at radius 3 is 2.56 bits per heavy atom. The van der Waals surface area contributed by atoms with E-state index < -0.39 is 5.97 Å². The summed E-state index contributed by atoms with van der Waals surface area (Å²) in [7, 11) is 0. The molecule has 1 aliphatic carbocycles. The Bertz CT molecular complexity index is 250. The van der Waals surface area contributed by atoms with Gasteiger partial charge in [0, 0.05) is 6.04 Å². The SMILES string of the molecule is CCCC1CCC(C(=O)O)N(C2CC2)CC1. The van der Waals surface area contributed by atoms with Crippen LogP contribution >= 0.6 is 0 Å². The van der Waals surface area contributed by atoms with Crippen LogP contribution < -0.4 is 0 Å². The number of nitrogens with zero attached hydrogens (tertiary/aromatic N) is 1. The highest BCUT2D eigenvalue weighted by molar-refractivity contribution is 5.73. The molecule has 1 aliphatic heterocycles. The number of carbonyl (C=O) groups is 1. The van der Waals surface area contributed by atoms with E-state index in [2.05, 4.69) is 11.8 Å². The highest BCUT2D eigenvalue weighted by atomic mass is 16.4. The maximum atomic E-state index is 11.3. The average Bonchev–Trinajstić information content (AvgIpc) is 3.02. The first-order valence-electron chi connectivity index (χ1n) is 6.71. The maximum absolute atomic E-state index is 11.3. The van der Waals surface area contributed by atoms with Gasteiger partial charge in [-0.05, 0) is 44.6 Å². The van der Waals surface area contributed by atoms with E-state index in [1.54, 1.807) is 0 Å². The summed E-state index contributed by atoms with van der Waals surface area (Å²) in [5.74, 6) is 0.152. The van der Waals surface area contributed by atoms with Gasteiger partial charge in [-0.2, -0.15) is 0 Å². The molecule has 1 saturated heterocycles. The average molecular weight is 225 g/mol. The highest BCUT2D eigenvalue weighted by Gasteiger charge is 2.38. The van der Waals surface area contributed by atoms with Crippen molar-refractivity contribution in [3.8, 4) is 0 Å². The third-order valence-corrected chi connectivity index (χ3v) is 4.04. The number of carboxylic acids is 1. The summed E-state index contributed by atoms with van der Waals surface area (Å²) in [5, 5.41) is 9.28. The quantitative estimate of drug-likeness (QED) is 0.799. The Morgan fingerprint density at radius 1 is 1.25 bits per heavy atom. The molecule has 1 saturated carbocycles. The zero-order valence-corrected chi connectivity index (χ0v) is 10.2. The van der Waals surface area contributed by atoms with Crippen LogP contribution in [0.3, 0.4) is 0 Å². The van der Waals surface area contributed by atoms with Gasteiger partial charge in [0.15, 0.2) is 0 Å². The molecule has 1 N–H and O–H groups in total. The lowest BCUT2D eigenvalue weighted by Crippen LogP contribution is -2.42. The predicted octanol–water partition coefficient (Wildman–Crippen LogP) is 2.50. The van der Waals surface area contributed by atoms with Crippen LogP contribution in [0.4, 0.5) is 0 Å². The molecule has 2 atom stereocenters. The van der Waals surface area contributed by atoms with Crippen molar-refractivity contribution in [1.82, 2.24) is 4.90 Å². The Balaban J connectivity index is 1.97. The molecule has 2 rings (SSSR count). The van der Waals surface area contributed by atoms with E-state index in [1.165, 1.54) is 32.1 Å². The van der Waals surface area contributed by atoms with Gasteiger partial charge in [-0.15, -0.1) is 0 Å². The van der Waals surface area contributed by atoms with Gasteiger partial charge in [-0.25, -0.2) is 0 Å². The molecule has 0 aromatic heterocycles. The molecule has 2 fully saturated rings. The first-order chi connectivity index (χ1) is 7.72. The predicted molar refractivity (Wildman–Crippen MR) is 63.4 cm³/mol. The normalized spacial score (nSPS) is 32.3. The lowest BCUT2D eigenvalue weighted by atomic mass is 9.95. The maximum Gasteiger partial charge on any atom is 0.320 e. The fourth-order valence-corrected chi connectivity index (χ4v) is 3.00. The van der Waals surface area contributed by atoms with E-state index >= 15 is 0 Å². The Kier molecular flexibility index (Phi) is 3.85. The molecule has 3 nitrogen and oxygen atoms in total. The van der Waals surface area contributed by atoms with Crippen LogP contribution in [-0.2, 0) is 4.79 Å². The van der Waals surface area contributed by atoms with Crippen molar-refractivity contribution >= 4 is 5.97 Å². The third-order valence-electron chi connectivity index (χ3n) is 4.04. The smallest absolute Gasteiger partial charge is 0.320 e. The minimum atomic E-state index is -0.607. The molecule has 0 aromatic carbocycles. The summed E-state index contributed by atoms with van der Waals surface area (Å²) in [4.78, 5) is 13.5. The van der Waals surface area contributed by atoms with Crippen LogP contribution in [0, 0.1) is 5.92 Å². The van der Waals surface area contributed by atoms with Gasteiger partial charge in [0.2, 0.25) is 0 Å². The summed E-state index contributed by atoms with van der Waals surface area (Å²) in [6.45, 7) is 3.23. The van der Waals surface area contributed by atoms with Crippen molar-refractivity contribution in [1.29, 1.82) is 0 Å². The number of aliphatic carboxylic acids is 1. The molecule has 2 aliphatic rings. The van der Waals surface area contributed by atoms with E-state index in [9.17, 15) is 9.90 Å². The molecule has 0 aromatic rings. The Labute approximate surface area is 97.8 Å². The van der Waals surface area contributed by atoms with Gasteiger partial charge in [0.1, 0.15) is 6.04 Å². The van der Waals surface area contributed by atoms with Gasteiger partial charge >= 0.3 is 5.97 Å². The van der Waals surface area contributed by atoms with Crippen LogP contribution in [0.5, 0.6) is 0 Å². The van der Waals surface area contributed by atoms with Crippen LogP contribution in [0.25, 0.3) is 0 Å². The number of rotatable bonds is 4. The van der Waals surface area contributed by atoms with Crippen molar-refractivity contribution in [2.75, 3.05) is 6.54 Å². The first kappa shape index (κ1) is 11.9. The molecule has 0 spiro atoms. The van der Waals surface area contributed by atoms with E-state index in [0.717, 1.165) is 25.3 Å². The van der Waals surface area contributed by atoms with E-state index in [4.69, 9.17) is 0 Å². The second-order valence-corrected chi connectivity index (χ2v) is 5.34. The van der Waals surface area contributed by atoms with Crippen molar-refractivity contribution < 1.29 is 9.90 Å². The number of hydrogen-bond acceptors (Lipinski definition) is 2. The Morgan fingerprint density at radius 2 is 2.00 bits per heavy atom. The number of hydrogen-bond donors (Lipinski definition) is 1. The summed E-state index contributed by atoms with van der Waals surface area (Å²) in [5.41, 5.74) is 0. The summed E-state index contributed by atoms with van der Waals surface area (Å²) >= 11 is 0. The molecule has 2 unspecified atom stereocenters. The summed E-state index contributed by atoms with van der Waals surface area (Å²) < 4.78 is 0. The zero-order chi connectivity index (χ0) is 11.5. The van der Waals surface area contributed by atoms with Crippen molar-refractivity contribution in [3.63, 3.8) is 0 Å². The van der Waals surface area contributed by atoms with Crippen molar-refractivity contribution in [2.45, 2.75) is 64.0 Å². The highest BCUT2D eigenvalue weighted by Crippen LogP contribution is 2.34. The summed E-state index contributed by atoms with van der Waals surface area (Å²) in [6.07, 6.45) is 8.08. The van der Waals surface area contributed by atoms with Crippen LogP contribution in [0.15, 0.2) is 0 Å². The second-order valence-electron chi connectivity index (χ2n) is 5.34. The Hall–Kier alpha value is -0.570. The largest absolute Gasteiger partial charge is 0.480 e. The lowest BCUT2D eigenvalue weighted by molar-refractivity contribution is -0.143. The lowest BCUT2D eigenvalue weighted by Gasteiger charge is -2.26. The minimum Gasteiger partial charge on any atom is -0.480 e. The minimum absolute atomic E-state index is 0.200. The second kappa shape index (κ2) is 5.17. The molecule has 0 amide bonds. The molecule has 1 heterocycles. The monoisotopic (exact) mass is 225 g/mol. The van der Waals surface area contributed by atoms with E-state index in [1.807, 2.05) is 0 Å². The number of likely N-dealkylation sites (tertiary alicyclic amines) is 1. The van der Waals surface area contributed by atoms with Crippen LogP contribution in [0.2, 0.25) is 0 Å². The fourth-order valence-electron chi connectivity index (χ4n) is 3.00. The van der Waals surface area contributed by atoms with Crippen LogP contribution in [-0.4, -0.2) is 34.6 Å². The molecule has 92 valence electrons. The van der Waals surface area contributed by atoms with Crippen molar-refractivity contribution in [3.05, 3.63) is 0 Å². The van der Waals surface area contributed by atoms with Crippen molar-refractivity contribution in [2.24, 2.45) is 5.92 Å². The van der Waals surface area contributed by atoms with E-state index in [0.29, 0.717) is 6.04 Å². The number of carboxylic acid groups (broad SMARTS) is 1.